The smallest absolute Gasteiger partial charge is 0.265 e. The molecule has 0 fully saturated rings. The van der Waals surface area contributed by atoms with E-state index in [1.54, 1.807) is 0 Å². The molecule has 0 aliphatic heterocycles. The van der Waals surface area contributed by atoms with E-state index in [0.717, 1.165) is 28.1 Å². The average molecular weight is 297 g/mol. The first kappa shape index (κ1) is 16.1. The van der Waals surface area contributed by atoms with Gasteiger partial charge in [-0.15, -0.1) is 0 Å². The summed E-state index contributed by atoms with van der Waals surface area (Å²) in [6.45, 7) is 8.00. The topological polar surface area (TPSA) is 38.3 Å². The van der Waals surface area contributed by atoms with Gasteiger partial charge in [-0.3, -0.25) is 4.79 Å². The Morgan fingerprint density at radius 2 is 1.86 bits per heavy atom. The van der Waals surface area contributed by atoms with Crippen LogP contribution in [0.5, 0.6) is 5.75 Å². The molecule has 0 saturated carbocycles. The Morgan fingerprint density at radius 3 is 2.55 bits per heavy atom. The van der Waals surface area contributed by atoms with E-state index in [1.807, 2.05) is 70.2 Å². The fourth-order valence-corrected chi connectivity index (χ4v) is 2.27. The van der Waals surface area contributed by atoms with Crippen molar-refractivity contribution in [1.82, 2.24) is 0 Å². The van der Waals surface area contributed by atoms with E-state index >= 15 is 0 Å². The van der Waals surface area contributed by atoms with Gasteiger partial charge in [0.2, 0.25) is 0 Å². The van der Waals surface area contributed by atoms with Crippen molar-refractivity contribution in [3.8, 4) is 5.75 Å². The highest BCUT2D eigenvalue weighted by Crippen LogP contribution is 2.23. The van der Waals surface area contributed by atoms with Gasteiger partial charge in [-0.2, -0.15) is 0 Å². The first-order valence-electron chi connectivity index (χ1n) is 7.61. The van der Waals surface area contributed by atoms with Crippen LogP contribution in [0.1, 0.15) is 30.0 Å². The third kappa shape index (κ3) is 3.88. The zero-order valence-corrected chi connectivity index (χ0v) is 13.6. The first-order valence-corrected chi connectivity index (χ1v) is 7.61. The molecule has 1 amide bonds. The maximum atomic E-state index is 12.4. The highest BCUT2D eigenvalue weighted by Gasteiger charge is 2.19. The summed E-state index contributed by atoms with van der Waals surface area (Å²) in [5.41, 5.74) is 4.14. The van der Waals surface area contributed by atoms with E-state index in [-0.39, 0.29) is 5.91 Å². The molecule has 1 N–H and O–H groups in total. The summed E-state index contributed by atoms with van der Waals surface area (Å²) in [7, 11) is 0. The minimum absolute atomic E-state index is 0.117. The lowest BCUT2D eigenvalue weighted by Crippen LogP contribution is -2.32. The molecule has 0 saturated heterocycles. The molecule has 0 spiro atoms. The molecule has 2 aromatic carbocycles. The number of aryl methyl sites for hydroxylation is 2. The molecule has 0 unspecified atom stereocenters. The number of benzene rings is 2. The van der Waals surface area contributed by atoms with Crippen molar-refractivity contribution in [2.75, 3.05) is 5.32 Å². The Labute approximate surface area is 132 Å². The van der Waals surface area contributed by atoms with Crippen molar-refractivity contribution in [3.63, 3.8) is 0 Å². The zero-order valence-electron chi connectivity index (χ0n) is 13.6. The predicted molar refractivity (Wildman–Crippen MR) is 90.4 cm³/mol. The van der Waals surface area contributed by atoms with Crippen molar-refractivity contribution in [3.05, 3.63) is 59.2 Å². The summed E-state index contributed by atoms with van der Waals surface area (Å²) in [6, 6.07) is 13.7. The lowest BCUT2D eigenvalue weighted by atomic mass is 10.1. The highest BCUT2D eigenvalue weighted by atomic mass is 16.5. The Balaban J connectivity index is 2.10. The summed E-state index contributed by atoms with van der Waals surface area (Å²) in [4.78, 5) is 12.4. The van der Waals surface area contributed by atoms with Gasteiger partial charge in [-0.1, -0.05) is 31.2 Å². The lowest BCUT2D eigenvalue weighted by Gasteiger charge is -2.19. The highest BCUT2D eigenvalue weighted by molar-refractivity contribution is 5.94. The summed E-state index contributed by atoms with van der Waals surface area (Å²) in [6.07, 6.45) is 0.117. The zero-order chi connectivity index (χ0) is 16.1. The van der Waals surface area contributed by atoms with E-state index in [2.05, 4.69) is 5.32 Å². The van der Waals surface area contributed by atoms with Gasteiger partial charge in [0.15, 0.2) is 6.10 Å². The number of carbonyl (C=O) groups is 1. The lowest BCUT2D eigenvalue weighted by molar-refractivity contribution is -0.122. The monoisotopic (exact) mass is 297 g/mol. The van der Waals surface area contributed by atoms with E-state index in [0.29, 0.717) is 6.42 Å². The van der Waals surface area contributed by atoms with E-state index in [9.17, 15) is 4.79 Å². The molecule has 2 rings (SSSR count). The van der Waals surface area contributed by atoms with Gasteiger partial charge in [0.1, 0.15) is 5.75 Å². The van der Waals surface area contributed by atoms with Crippen molar-refractivity contribution < 1.29 is 9.53 Å². The largest absolute Gasteiger partial charge is 0.480 e. The molecule has 0 radical (unpaired) electrons. The van der Waals surface area contributed by atoms with Crippen LogP contribution < -0.4 is 10.1 Å². The average Bonchev–Trinajstić information content (AvgIpc) is 2.48. The fourth-order valence-electron chi connectivity index (χ4n) is 2.27. The first-order chi connectivity index (χ1) is 10.5. The molecule has 0 heterocycles. The molecule has 0 aliphatic carbocycles. The maximum absolute atomic E-state index is 12.4. The van der Waals surface area contributed by atoms with Crippen LogP contribution >= 0.6 is 0 Å². The molecular weight excluding hydrogens is 274 g/mol. The molecule has 0 bridgehead atoms. The molecule has 0 aromatic heterocycles. The fraction of sp³-hybridized carbons (Fsp3) is 0.316. The summed E-state index contributed by atoms with van der Waals surface area (Å²) >= 11 is 0. The Hall–Kier alpha value is -2.29. The summed E-state index contributed by atoms with van der Waals surface area (Å²) in [5, 5.41) is 2.92. The van der Waals surface area contributed by atoms with Gasteiger partial charge in [-0.25, -0.2) is 0 Å². The van der Waals surface area contributed by atoms with Gasteiger partial charge in [0.25, 0.3) is 5.91 Å². The van der Waals surface area contributed by atoms with E-state index in [1.165, 1.54) is 0 Å². The maximum Gasteiger partial charge on any atom is 0.265 e. The van der Waals surface area contributed by atoms with E-state index in [4.69, 9.17) is 4.74 Å². The number of hydrogen-bond acceptors (Lipinski definition) is 2. The molecule has 22 heavy (non-hydrogen) atoms. The Bertz CT molecular complexity index is 664. The number of hydrogen-bond donors (Lipinski definition) is 1. The third-order valence-electron chi connectivity index (χ3n) is 3.77. The van der Waals surface area contributed by atoms with Gasteiger partial charge in [0, 0.05) is 5.69 Å². The molecule has 3 heteroatoms. The van der Waals surface area contributed by atoms with Gasteiger partial charge >= 0.3 is 0 Å². The van der Waals surface area contributed by atoms with Crippen molar-refractivity contribution in [2.45, 2.75) is 40.2 Å². The number of carbonyl (C=O) groups excluding carboxylic acids is 1. The van der Waals surface area contributed by atoms with Crippen molar-refractivity contribution in [1.29, 1.82) is 0 Å². The predicted octanol–water partition coefficient (Wildman–Crippen LogP) is 4.41. The van der Waals surface area contributed by atoms with Crippen LogP contribution in [0, 0.1) is 20.8 Å². The SMILES string of the molecule is CC[C@H](Oc1cccc(C)c1C)C(=O)Nc1cccc(C)c1. The summed E-state index contributed by atoms with van der Waals surface area (Å²) in [5.74, 6) is 0.653. The molecule has 2 aromatic rings. The number of rotatable bonds is 5. The Kier molecular flexibility index (Phi) is 5.21. The van der Waals surface area contributed by atoms with Gasteiger partial charge in [0.05, 0.1) is 0 Å². The minimum Gasteiger partial charge on any atom is -0.480 e. The second kappa shape index (κ2) is 7.12. The number of nitrogens with one attached hydrogen (secondary N) is 1. The molecule has 0 aliphatic rings. The summed E-state index contributed by atoms with van der Waals surface area (Å²) < 4.78 is 5.93. The number of anilines is 1. The Morgan fingerprint density at radius 1 is 1.14 bits per heavy atom. The van der Waals surface area contributed by atoms with Crippen LogP contribution in [0.3, 0.4) is 0 Å². The van der Waals surface area contributed by atoms with Crippen LogP contribution in [0.25, 0.3) is 0 Å². The van der Waals surface area contributed by atoms with Crippen molar-refractivity contribution >= 4 is 11.6 Å². The molecular formula is C19H23NO2. The molecule has 1 atom stereocenters. The second-order valence-corrected chi connectivity index (χ2v) is 5.57. The van der Waals surface area contributed by atoms with Crippen LogP contribution in [-0.4, -0.2) is 12.0 Å². The third-order valence-corrected chi connectivity index (χ3v) is 3.77. The van der Waals surface area contributed by atoms with Gasteiger partial charge in [-0.05, 0) is 62.1 Å². The van der Waals surface area contributed by atoms with Crippen LogP contribution in [0.15, 0.2) is 42.5 Å². The van der Waals surface area contributed by atoms with Gasteiger partial charge < -0.3 is 10.1 Å². The minimum atomic E-state index is -0.499. The van der Waals surface area contributed by atoms with Crippen LogP contribution in [0.2, 0.25) is 0 Å². The molecule has 116 valence electrons. The number of ether oxygens (including phenoxy) is 1. The number of amides is 1. The standard InChI is InChI=1S/C19H23NO2/c1-5-17(22-18-11-7-9-14(3)15(18)4)19(21)20-16-10-6-8-13(2)12-16/h6-12,17H,5H2,1-4H3,(H,20,21)/t17-/m0/s1. The van der Waals surface area contributed by atoms with E-state index < -0.39 is 6.10 Å². The molecule has 3 nitrogen and oxygen atoms in total. The normalized spacial score (nSPS) is 11.8. The van der Waals surface area contributed by atoms with Crippen LogP contribution in [-0.2, 0) is 4.79 Å². The van der Waals surface area contributed by atoms with Crippen molar-refractivity contribution in [2.24, 2.45) is 0 Å². The second-order valence-electron chi connectivity index (χ2n) is 5.57. The van der Waals surface area contributed by atoms with Crippen LogP contribution in [0.4, 0.5) is 5.69 Å². The quantitative estimate of drug-likeness (QED) is 0.888.